The third kappa shape index (κ3) is 9.38. The van der Waals surface area contributed by atoms with Crippen molar-refractivity contribution in [2.45, 2.75) is 33.1 Å². The summed E-state index contributed by atoms with van der Waals surface area (Å²) in [5, 5.41) is 2.61. The first-order valence-electron chi connectivity index (χ1n) is 6.35. The Hall–Kier alpha value is -0.660. The maximum Gasteiger partial charge on any atom is 0.220 e. The summed E-state index contributed by atoms with van der Waals surface area (Å²) in [6.45, 7) is 4.92. The summed E-state index contributed by atoms with van der Waals surface area (Å²) >= 11 is 0. The van der Waals surface area contributed by atoms with Crippen molar-refractivity contribution in [2.24, 2.45) is 11.7 Å². The fourth-order valence-electron chi connectivity index (χ4n) is 1.51. The van der Waals surface area contributed by atoms with Gasteiger partial charge in [-0.1, -0.05) is 13.8 Å². The summed E-state index contributed by atoms with van der Waals surface area (Å²) in [5.74, 6) is 0.238. The van der Waals surface area contributed by atoms with E-state index >= 15 is 0 Å². The number of carbonyl (C=O) groups is 1. The van der Waals surface area contributed by atoms with Crippen molar-refractivity contribution in [3.8, 4) is 0 Å². The van der Waals surface area contributed by atoms with Crippen molar-refractivity contribution < 1.29 is 13.2 Å². The molecule has 0 aromatic heterocycles. The van der Waals surface area contributed by atoms with Crippen LogP contribution in [-0.4, -0.2) is 39.7 Å². The number of rotatable bonds is 10. The number of hydrogen-bond donors (Lipinski definition) is 3. The number of amides is 1. The molecule has 0 spiro atoms. The van der Waals surface area contributed by atoms with Gasteiger partial charge in [0.05, 0.1) is 5.75 Å². The summed E-state index contributed by atoms with van der Waals surface area (Å²) < 4.78 is 24.9. The minimum atomic E-state index is -3.25. The Morgan fingerprint density at radius 1 is 1.33 bits per heavy atom. The highest BCUT2D eigenvalue weighted by Crippen LogP contribution is 2.08. The number of carbonyl (C=O) groups excluding carboxylic acids is 1. The van der Waals surface area contributed by atoms with Gasteiger partial charge in [0, 0.05) is 19.5 Å². The van der Waals surface area contributed by atoms with Crippen LogP contribution in [0.2, 0.25) is 0 Å². The number of sulfonamides is 1. The highest BCUT2D eigenvalue weighted by Gasteiger charge is 2.10. The van der Waals surface area contributed by atoms with Gasteiger partial charge in [0.15, 0.2) is 0 Å². The summed E-state index contributed by atoms with van der Waals surface area (Å²) in [4.78, 5) is 11.4. The maximum atomic E-state index is 11.4. The minimum Gasteiger partial charge on any atom is -0.355 e. The lowest BCUT2D eigenvalue weighted by atomic mass is 10.0. The van der Waals surface area contributed by atoms with Gasteiger partial charge in [-0.15, -0.1) is 0 Å². The van der Waals surface area contributed by atoms with Crippen molar-refractivity contribution in [3.63, 3.8) is 0 Å². The molecule has 1 amide bonds. The molecule has 0 rings (SSSR count). The van der Waals surface area contributed by atoms with Crippen LogP contribution in [0.1, 0.15) is 33.1 Å². The van der Waals surface area contributed by atoms with Gasteiger partial charge in [0.2, 0.25) is 15.9 Å². The first-order valence-corrected chi connectivity index (χ1v) is 8.00. The van der Waals surface area contributed by atoms with Crippen LogP contribution in [0.5, 0.6) is 0 Å². The molecule has 1 atom stereocenters. The van der Waals surface area contributed by atoms with Crippen LogP contribution >= 0.6 is 0 Å². The normalized spacial score (nSPS) is 13.3. The van der Waals surface area contributed by atoms with E-state index in [1.54, 1.807) is 6.92 Å². The molecule has 18 heavy (non-hydrogen) atoms. The SMILES string of the molecule is CCNS(=O)(=O)CCNC(=O)CCC(C)CCN. The summed E-state index contributed by atoms with van der Waals surface area (Å²) in [6.07, 6.45) is 2.10. The van der Waals surface area contributed by atoms with Crippen LogP contribution in [0.25, 0.3) is 0 Å². The molecule has 0 saturated carbocycles. The molecule has 0 aliphatic carbocycles. The first-order chi connectivity index (χ1) is 8.41. The van der Waals surface area contributed by atoms with E-state index < -0.39 is 10.0 Å². The number of hydrogen-bond acceptors (Lipinski definition) is 4. The highest BCUT2D eigenvalue weighted by atomic mass is 32.2. The van der Waals surface area contributed by atoms with Crippen LogP contribution < -0.4 is 15.8 Å². The molecule has 0 aromatic carbocycles. The van der Waals surface area contributed by atoms with Gasteiger partial charge in [0.1, 0.15) is 0 Å². The molecule has 108 valence electrons. The van der Waals surface area contributed by atoms with Gasteiger partial charge in [-0.2, -0.15) is 0 Å². The molecule has 6 nitrogen and oxygen atoms in total. The molecule has 7 heteroatoms. The van der Waals surface area contributed by atoms with Gasteiger partial charge in [0.25, 0.3) is 0 Å². The average molecular weight is 279 g/mol. The van der Waals surface area contributed by atoms with Crippen LogP contribution in [0, 0.1) is 5.92 Å². The van der Waals surface area contributed by atoms with Gasteiger partial charge < -0.3 is 11.1 Å². The summed E-state index contributed by atoms with van der Waals surface area (Å²) in [5.41, 5.74) is 5.42. The second kappa shape index (κ2) is 9.29. The second-order valence-electron chi connectivity index (χ2n) is 4.39. The topological polar surface area (TPSA) is 101 Å². The fraction of sp³-hybridized carbons (Fsp3) is 0.909. The Labute approximate surface area is 110 Å². The van der Waals surface area contributed by atoms with Crippen molar-refractivity contribution in [1.82, 2.24) is 10.0 Å². The molecule has 0 fully saturated rings. The Morgan fingerprint density at radius 3 is 2.56 bits per heavy atom. The molecule has 0 radical (unpaired) electrons. The Kier molecular flexibility index (Phi) is 8.95. The predicted octanol–water partition coefficient (Wildman–Crippen LogP) is -0.193. The lowest BCUT2D eigenvalue weighted by molar-refractivity contribution is -0.121. The Balaban J connectivity index is 3.72. The van der Waals surface area contributed by atoms with E-state index in [0.717, 1.165) is 12.8 Å². The summed E-state index contributed by atoms with van der Waals surface area (Å²) in [6, 6.07) is 0. The van der Waals surface area contributed by atoms with Crippen LogP contribution in [0.3, 0.4) is 0 Å². The highest BCUT2D eigenvalue weighted by molar-refractivity contribution is 7.89. The molecule has 0 saturated heterocycles. The largest absolute Gasteiger partial charge is 0.355 e. The van der Waals surface area contributed by atoms with Gasteiger partial charge >= 0.3 is 0 Å². The van der Waals surface area contributed by atoms with E-state index in [2.05, 4.69) is 17.0 Å². The van der Waals surface area contributed by atoms with Crippen LogP contribution in [-0.2, 0) is 14.8 Å². The minimum absolute atomic E-state index is 0.0784. The number of nitrogens with two attached hydrogens (primary N) is 1. The third-order valence-electron chi connectivity index (χ3n) is 2.58. The zero-order valence-electron chi connectivity index (χ0n) is 11.2. The van der Waals surface area contributed by atoms with E-state index in [-0.39, 0.29) is 18.2 Å². The maximum absolute atomic E-state index is 11.4. The zero-order chi connectivity index (χ0) is 14.0. The van der Waals surface area contributed by atoms with E-state index in [4.69, 9.17) is 5.73 Å². The molecule has 0 aliphatic heterocycles. The van der Waals surface area contributed by atoms with Gasteiger partial charge in [-0.25, -0.2) is 13.1 Å². The average Bonchev–Trinajstić information content (AvgIpc) is 2.26. The van der Waals surface area contributed by atoms with Crippen LogP contribution in [0.4, 0.5) is 0 Å². The van der Waals surface area contributed by atoms with E-state index in [9.17, 15) is 13.2 Å². The molecule has 0 heterocycles. The third-order valence-corrected chi connectivity index (χ3v) is 4.05. The second-order valence-corrected chi connectivity index (χ2v) is 6.31. The quantitative estimate of drug-likeness (QED) is 0.516. The molecular weight excluding hydrogens is 254 g/mol. The lowest BCUT2D eigenvalue weighted by Crippen LogP contribution is -2.34. The smallest absolute Gasteiger partial charge is 0.220 e. The van der Waals surface area contributed by atoms with Gasteiger partial charge in [-0.05, 0) is 25.3 Å². The van der Waals surface area contributed by atoms with Crippen molar-refractivity contribution in [2.75, 3.05) is 25.4 Å². The van der Waals surface area contributed by atoms with Crippen LogP contribution in [0.15, 0.2) is 0 Å². The standard InChI is InChI=1S/C11H25N3O3S/c1-3-14-18(16,17)9-8-13-11(15)5-4-10(2)6-7-12/h10,14H,3-9,12H2,1-2H3,(H,13,15). The zero-order valence-corrected chi connectivity index (χ0v) is 12.1. The molecule has 0 aromatic rings. The molecule has 4 N–H and O–H groups in total. The van der Waals surface area contributed by atoms with E-state index in [1.807, 2.05) is 0 Å². The fourth-order valence-corrected chi connectivity index (χ4v) is 2.47. The van der Waals surface area contributed by atoms with E-state index in [1.165, 1.54) is 0 Å². The molecule has 0 aliphatic rings. The number of nitrogens with one attached hydrogen (secondary N) is 2. The predicted molar refractivity (Wildman–Crippen MR) is 72.5 cm³/mol. The lowest BCUT2D eigenvalue weighted by Gasteiger charge is -2.10. The summed E-state index contributed by atoms with van der Waals surface area (Å²) in [7, 11) is -3.25. The molecule has 1 unspecified atom stereocenters. The first kappa shape index (κ1) is 17.3. The Bertz CT molecular complexity index is 330. The van der Waals surface area contributed by atoms with E-state index in [0.29, 0.717) is 25.4 Å². The van der Waals surface area contributed by atoms with Gasteiger partial charge in [-0.3, -0.25) is 4.79 Å². The molecule has 0 bridgehead atoms. The Morgan fingerprint density at radius 2 is 2.00 bits per heavy atom. The van der Waals surface area contributed by atoms with Crippen molar-refractivity contribution >= 4 is 15.9 Å². The monoisotopic (exact) mass is 279 g/mol. The van der Waals surface area contributed by atoms with Crippen molar-refractivity contribution in [3.05, 3.63) is 0 Å². The molecular formula is C11H25N3O3S. The van der Waals surface area contributed by atoms with Crippen molar-refractivity contribution in [1.29, 1.82) is 0 Å².